The van der Waals surface area contributed by atoms with E-state index in [4.69, 9.17) is 18.9 Å². The van der Waals surface area contributed by atoms with Crippen LogP contribution in [0, 0.1) is 29.1 Å². The van der Waals surface area contributed by atoms with Gasteiger partial charge in [-0.1, -0.05) is 52.6 Å². The number of rotatable bonds is 29. The van der Waals surface area contributed by atoms with Gasteiger partial charge in [-0.15, -0.1) is 0 Å². The third-order valence-corrected chi connectivity index (χ3v) is 29.5. The molecule has 0 bridgehead atoms. The molecule has 4 aromatic heterocycles. The summed E-state index contributed by atoms with van der Waals surface area (Å²) in [6.07, 6.45) is 14.1. The minimum atomic E-state index is -0.553. The third-order valence-electron chi connectivity index (χ3n) is 29.5. The van der Waals surface area contributed by atoms with Gasteiger partial charge < -0.3 is 122 Å². The highest BCUT2D eigenvalue weighted by Gasteiger charge is 2.40. The number of carbonyl (C=O) groups is 5. The topological polar surface area (TPSA) is 347 Å². The predicted octanol–water partition coefficient (Wildman–Crippen LogP) is 14.7. The maximum Gasteiger partial charge on any atom is 0.255 e. The zero-order valence-electron chi connectivity index (χ0n) is 84.5. The molecule has 13 aliphatic heterocycles. The van der Waals surface area contributed by atoms with E-state index < -0.39 is 35.0 Å². The standard InChI is InChI=1S/C30H38FN7O2.C27H31FN6O3.C27H33FN6O2.C26H30F2N6O2/c1-4-19(2)36-11-5-6-22(16-36)34-29-27(31)25-14-32-30(39)26(25)28(35-29)33-21-7-9-23(10-8-21)38-13-12-37(15-20(38)3)24-17-40-18-24;1-3-17(2)34-10-4-5-20(16-34)31-25-23(28)21-15-29-26(35)22(21)24(32-25)30-19-8-6-18(7-9-19)27(36)33-11-13-37-14-12-33;1-4-17(2)33-11-5-6-20(15-33)31-26-24(28)22-14-29-27(35)23(22)25(32-26)30-19-7-9-21(10-8-19)34-12-13-36-16-18(34)3;1-3-16(2)34-8-4-5-18(15-34)31-25-23(28)19-14-29-26(35)22(19)24(32-25)30-17-6-7-21(20(27)13-17)33-9-11-36-12-10-33/h4,7-10,20,22,24H,1-2,5-6,11-18H2,3H3,(H,32,39)(H2,33,34,35);3,6-9,20H,1-2,4-5,10-16H2,(H,29,35)(H2,30,31,32);4,7-10,18,20H,1-2,5-6,11-16H2,3H3,(H,29,35)(H2,30,31,32);3,6-7,13,18H,1-2,4-5,8-12,14-15H2,(H,29,35)(H2,30,31,32). The van der Waals surface area contributed by atoms with Crippen LogP contribution in [0.15, 0.2) is 191 Å². The number of anilines is 15. The van der Waals surface area contributed by atoms with Gasteiger partial charge in [-0.05, 0) is 181 Å². The van der Waals surface area contributed by atoms with Gasteiger partial charge >= 0.3 is 0 Å². The molecule has 21 rings (SSSR count). The molecule has 9 saturated heterocycles. The number of aromatic nitrogens is 4. The van der Waals surface area contributed by atoms with E-state index in [2.05, 4.69) is 197 Å². The summed E-state index contributed by atoms with van der Waals surface area (Å²) in [4.78, 5) is 101. The molecular formula is C110H132F5N25O9. The maximum atomic E-state index is 15.5. The number of benzene rings is 4. The Hall–Kier alpha value is -14.8. The van der Waals surface area contributed by atoms with Crippen molar-refractivity contribution in [2.75, 3.05) is 215 Å². The molecule has 149 heavy (non-hydrogen) atoms. The predicted molar refractivity (Wildman–Crippen MR) is 571 cm³/mol. The summed E-state index contributed by atoms with van der Waals surface area (Å²) in [5.41, 5.74) is 11.4. The summed E-state index contributed by atoms with van der Waals surface area (Å²) in [7, 11) is 0. The summed E-state index contributed by atoms with van der Waals surface area (Å²) in [5, 5.41) is 36.7. The number of carbonyl (C=O) groups excluding carboxylic acids is 5. The number of halogens is 5. The van der Waals surface area contributed by atoms with E-state index >= 15 is 17.6 Å². The number of amides is 5. The quantitative estimate of drug-likeness (QED) is 0.0153. The lowest BCUT2D eigenvalue weighted by molar-refractivity contribution is -0.0691. The number of nitrogens with one attached hydrogen (secondary N) is 12. The van der Waals surface area contributed by atoms with Crippen LogP contribution in [-0.2, 0) is 45.1 Å². The number of pyridine rings is 4. The minimum absolute atomic E-state index is 0.00183. The summed E-state index contributed by atoms with van der Waals surface area (Å²) in [6, 6.07) is 29.1. The van der Waals surface area contributed by atoms with E-state index in [-0.39, 0.29) is 142 Å². The first kappa shape index (κ1) is 104. The first-order valence-electron chi connectivity index (χ1n) is 51.4. The van der Waals surface area contributed by atoms with Crippen LogP contribution in [0.4, 0.5) is 108 Å². The zero-order valence-corrected chi connectivity index (χ0v) is 84.5. The van der Waals surface area contributed by atoms with Gasteiger partial charge in [0.05, 0.1) is 86.8 Å². The zero-order chi connectivity index (χ0) is 104. The van der Waals surface area contributed by atoms with Gasteiger partial charge in [0.15, 0.2) is 46.5 Å². The smallest absolute Gasteiger partial charge is 0.255 e. The molecular weight excluding hydrogens is 1910 g/mol. The Morgan fingerprint density at radius 1 is 0.369 bits per heavy atom. The first-order valence-corrected chi connectivity index (χ1v) is 51.4. The molecule has 4 aromatic carbocycles. The highest BCUT2D eigenvalue weighted by atomic mass is 19.1. The summed E-state index contributed by atoms with van der Waals surface area (Å²) in [5.74, 6) is -2.27. The molecule has 0 radical (unpaired) electrons. The van der Waals surface area contributed by atoms with Crippen LogP contribution in [0.5, 0.6) is 0 Å². The van der Waals surface area contributed by atoms with Crippen LogP contribution in [0.25, 0.3) is 0 Å². The number of hydrogen-bond acceptors (Lipinski definition) is 29. The number of morpholine rings is 3. The molecule has 0 saturated carbocycles. The van der Waals surface area contributed by atoms with E-state index in [1.807, 2.05) is 41.3 Å². The van der Waals surface area contributed by atoms with Gasteiger partial charge in [0.25, 0.3) is 29.5 Å². The van der Waals surface area contributed by atoms with Crippen molar-refractivity contribution in [3.05, 3.63) is 270 Å². The largest absolute Gasteiger partial charge is 0.378 e. The number of fused-ring (bicyclic) bond motifs is 4. The Morgan fingerprint density at radius 2 is 0.705 bits per heavy atom. The van der Waals surface area contributed by atoms with Crippen molar-refractivity contribution in [2.45, 2.75) is 134 Å². The maximum absolute atomic E-state index is 15.5. The fraction of sp³-hybridized carbons (Fsp3) is 0.409. The van der Waals surface area contributed by atoms with Crippen LogP contribution >= 0.6 is 0 Å². The van der Waals surface area contributed by atoms with Crippen molar-refractivity contribution in [1.29, 1.82) is 0 Å². The molecule has 9 fully saturated rings. The minimum Gasteiger partial charge on any atom is -0.378 e. The van der Waals surface area contributed by atoms with Crippen molar-refractivity contribution in [3.8, 4) is 0 Å². The van der Waals surface area contributed by atoms with Crippen molar-refractivity contribution >= 4 is 116 Å². The fourth-order valence-corrected chi connectivity index (χ4v) is 21.1. The van der Waals surface area contributed by atoms with E-state index in [9.17, 15) is 28.4 Å². The van der Waals surface area contributed by atoms with Gasteiger partial charge in [0.2, 0.25) is 0 Å². The van der Waals surface area contributed by atoms with Gasteiger partial charge in [0, 0.05) is 252 Å². The second-order valence-corrected chi connectivity index (χ2v) is 39.3. The molecule has 0 aliphatic carbocycles. The number of piperidine rings is 4. The van der Waals surface area contributed by atoms with Gasteiger partial charge in [0.1, 0.15) is 29.1 Å². The number of hydrogen-bond donors (Lipinski definition) is 12. The molecule has 6 unspecified atom stereocenters. The first-order chi connectivity index (χ1) is 72.2. The third kappa shape index (κ3) is 23.8. The van der Waals surface area contributed by atoms with E-state index in [0.29, 0.717) is 156 Å². The monoisotopic (exact) mass is 2040 g/mol. The van der Waals surface area contributed by atoms with E-state index in [1.54, 1.807) is 65.6 Å². The average Bonchev–Trinajstić information content (AvgIpc) is 1.66. The average molecular weight is 2040 g/mol. The molecule has 8 aromatic rings. The number of allylic oxidation sites excluding steroid dienone is 4. The summed E-state index contributed by atoms with van der Waals surface area (Å²) >= 11 is 0. The highest BCUT2D eigenvalue weighted by molar-refractivity contribution is 6.06. The van der Waals surface area contributed by atoms with Crippen molar-refractivity contribution < 1.29 is 64.9 Å². The van der Waals surface area contributed by atoms with Crippen molar-refractivity contribution in [1.82, 2.24) is 70.6 Å². The number of ether oxygens (including phenoxy) is 4. The molecule has 786 valence electrons. The normalized spacial score (nSPS) is 20.9. The van der Waals surface area contributed by atoms with Crippen molar-refractivity contribution in [2.24, 2.45) is 0 Å². The Labute approximate surface area is 865 Å². The second-order valence-electron chi connectivity index (χ2n) is 39.3. The molecule has 12 N–H and O–H groups in total. The van der Waals surface area contributed by atoms with E-state index in [1.165, 1.54) is 6.07 Å². The molecule has 6 atom stereocenters. The molecule has 5 amide bonds. The van der Waals surface area contributed by atoms with Gasteiger partial charge in [-0.25, -0.2) is 41.9 Å². The molecule has 17 heterocycles. The second kappa shape index (κ2) is 47.1. The lowest BCUT2D eigenvalue weighted by Gasteiger charge is -2.46. The lowest BCUT2D eigenvalue weighted by atomic mass is 10.0. The molecule has 0 spiro atoms. The molecule has 13 aliphatic rings. The Morgan fingerprint density at radius 3 is 1.04 bits per heavy atom. The molecule has 39 heteroatoms. The Kier molecular flexibility index (Phi) is 33.0. The van der Waals surface area contributed by atoms with Crippen LogP contribution in [-0.4, -0.2) is 279 Å². The number of likely N-dealkylation sites (tertiary alicyclic amines) is 4. The lowest BCUT2D eigenvalue weighted by Crippen LogP contribution is -2.59. The van der Waals surface area contributed by atoms with Crippen LogP contribution in [0.2, 0.25) is 0 Å². The SMILES string of the molecule is C=CC(=C)N1CCCC(Nc2nc(Nc3ccc(C(=O)N4CCOCC4)cc3)c3c(c2F)CNC3=O)C1.C=CC(=C)N1CCCC(Nc2nc(Nc3ccc(N4CCN(C5COC5)CC4C)cc3)c3c(c2F)CNC3=O)C1.C=CC(=C)N1CCCC(Nc2nc(Nc3ccc(N4CCOCC4)c(F)c3)c3c(c2F)CNC3=O)C1.C=CC(=C)N1CCCC(Nc2nc(Nc3ccc(N4CCOCC4C)cc3)c3c(c2F)CNC3=O)C1. The number of nitrogens with zero attached hydrogens (tertiary/aromatic N) is 13. The Bertz CT molecular complexity index is 6400. The summed E-state index contributed by atoms with van der Waals surface area (Å²) in [6.45, 7) is 53.8. The van der Waals surface area contributed by atoms with E-state index in [0.717, 1.165) is 162 Å². The van der Waals surface area contributed by atoms with Crippen LogP contribution in [0.1, 0.15) is 139 Å². The molecule has 34 nitrogen and oxygen atoms in total. The van der Waals surface area contributed by atoms with Gasteiger partial charge in [-0.2, -0.15) is 0 Å². The Balaban J connectivity index is 0.000000130. The highest BCUT2D eigenvalue weighted by Crippen LogP contribution is 2.41. The number of piperazine rings is 1. The fourth-order valence-electron chi connectivity index (χ4n) is 21.1. The van der Waals surface area contributed by atoms with Crippen molar-refractivity contribution in [3.63, 3.8) is 0 Å². The summed E-state index contributed by atoms with van der Waals surface area (Å²) < 4.78 is 98.3. The van der Waals surface area contributed by atoms with Gasteiger partial charge in [-0.3, -0.25) is 28.9 Å². The van der Waals surface area contributed by atoms with Crippen LogP contribution in [0.3, 0.4) is 0 Å². The van der Waals surface area contributed by atoms with Crippen LogP contribution < -0.4 is 78.5 Å².